The van der Waals surface area contributed by atoms with E-state index in [1.807, 2.05) is 0 Å². The van der Waals surface area contributed by atoms with Crippen molar-refractivity contribution in [2.24, 2.45) is 5.92 Å². The van der Waals surface area contributed by atoms with Crippen molar-refractivity contribution in [3.63, 3.8) is 0 Å². The molecule has 0 saturated carbocycles. The number of carbonyl (C=O) groups is 4. The summed E-state index contributed by atoms with van der Waals surface area (Å²) in [6.07, 6.45) is 13.5. The molecule has 0 spiro atoms. The Morgan fingerprint density at radius 2 is 1.29 bits per heavy atom. The van der Waals surface area contributed by atoms with Gasteiger partial charge >= 0.3 is 5.97 Å². The number of hydrogen-bond donors (Lipinski definition) is 0. The summed E-state index contributed by atoms with van der Waals surface area (Å²) in [5.74, 6) is -1.27. The Labute approximate surface area is 213 Å². The van der Waals surface area contributed by atoms with Crippen LogP contribution in [0.2, 0.25) is 0 Å². The number of aliphatic carboxylic acids is 1. The molecule has 1 atom stereocenters. The number of unbranched alkanes of at least 4 members (excludes halogenated alkanes) is 9. The predicted octanol–water partition coefficient (Wildman–Crippen LogP) is 4.39. The van der Waals surface area contributed by atoms with Crippen LogP contribution in [0, 0.1) is 5.92 Å². The van der Waals surface area contributed by atoms with Gasteiger partial charge in [0.2, 0.25) is 0 Å². The van der Waals surface area contributed by atoms with E-state index in [1.165, 1.54) is 19.3 Å². The van der Waals surface area contributed by atoms with Gasteiger partial charge in [0.1, 0.15) is 11.6 Å². The van der Waals surface area contributed by atoms with E-state index in [0.29, 0.717) is 32.4 Å². The summed E-state index contributed by atoms with van der Waals surface area (Å²) in [5.41, 5.74) is 0. The molecule has 0 aromatic carbocycles. The number of esters is 1. The summed E-state index contributed by atoms with van der Waals surface area (Å²) in [4.78, 5) is 46.3. The van der Waals surface area contributed by atoms with Crippen molar-refractivity contribution in [1.29, 1.82) is 0 Å². The van der Waals surface area contributed by atoms with E-state index in [4.69, 9.17) is 4.74 Å². The van der Waals surface area contributed by atoms with Gasteiger partial charge in [0.05, 0.1) is 39.7 Å². The SMILES string of the molecule is CCOC(=O)C(CCCCCC(C)=O)CC(=O)CCCCCCCCCC[N+](C)(C)CCC(=O)[O-]. The Hall–Kier alpha value is -1.76. The lowest BCUT2D eigenvalue weighted by Gasteiger charge is -2.30. The molecule has 0 aliphatic carbocycles. The summed E-state index contributed by atoms with van der Waals surface area (Å²) in [6, 6.07) is 0. The fourth-order valence-electron chi connectivity index (χ4n) is 4.31. The Morgan fingerprint density at radius 3 is 1.86 bits per heavy atom. The quantitative estimate of drug-likeness (QED) is 0.111. The summed E-state index contributed by atoms with van der Waals surface area (Å²) in [7, 11) is 4.13. The van der Waals surface area contributed by atoms with Gasteiger partial charge in [-0.05, 0) is 46.0 Å². The van der Waals surface area contributed by atoms with Gasteiger partial charge in [-0.2, -0.15) is 0 Å². The van der Waals surface area contributed by atoms with Crippen LogP contribution in [-0.4, -0.2) is 61.8 Å². The summed E-state index contributed by atoms with van der Waals surface area (Å²) >= 11 is 0. The van der Waals surface area contributed by atoms with E-state index in [9.17, 15) is 24.3 Å². The van der Waals surface area contributed by atoms with Gasteiger partial charge in [0, 0.05) is 31.7 Å². The second-order valence-corrected chi connectivity index (χ2v) is 10.6. The first kappa shape index (κ1) is 33.2. The van der Waals surface area contributed by atoms with Crippen molar-refractivity contribution in [2.75, 3.05) is 33.8 Å². The molecule has 0 amide bonds. The topological polar surface area (TPSA) is 101 Å². The lowest BCUT2D eigenvalue weighted by molar-refractivity contribution is -0.890. The van der Waals surface area contributed by atoms with Crippen LogP contribution in [-0.2, 0) is 23.9 Å². The van der Waals surface area contributed by atoms with Crippen LogP contribution in [0.1, 0.15) is 117 Å². The van der Waals surface area contributed by atoms with Crippen LogP contribution in [0.25, 0.3) is 0 Å². The molecular formula is C28H51NO6. The second-order valence-electron chi connectivity index (χ2n) is 10.6. The molecule has 35 heavy (non-hydrogen) atoms. The minimum atomic E-state index is -0.978. The van der Waals surface area contributed by atoms with Crippen molar-refractivity contribution in [3.05, 3.63) is 0 Å². The van der Waals surface area contributed by atoms with Gasteiger partial charge in [0.25, 0.3) is 0 Å². The average molecular weight is 498 g/mol. The van der Waals surface area contributed by atoms with E-state index in [1.54, 1.807) is 13.8 Å². The zero-order valence-electron chi connectivity index (χ0n) is 22.9. The maximum absolute atomic E-state index is 12.4. The smallest absolute Gasteiger partial charge is 0.309 e. The van der Waals surface area contributed by atoms with Crippen LogP contribution in [0.4, 0.5) is 0 Å². The highest BCUT2D eigenvalue weighted by Crippen LogP contribution is 2.19. The minimum Gasteiger partial charge on any atom is -0.550 e. The number of ketones is 2. The molecule has 0 saturated heterocycles. The monoisotopic (exact) mass is 497 g/mol. The van der Waals surface area contributed by atoms with E-state index in [2.05, 4.69) is 14.1 Å². The molecule has 0 bridgehead atoms. The first-order valence-electron chi connectivity index (χ1n) is 13.8. The molecule has 0 heterocycles. The summed E-state index contributed by atoms with van der Waals surface area (Å²) in [6.45, 7) is 5.30. The number of carboxylic acids is 1. The van der Waals surface area contributed by atoms with Crippen molar-refractivity contribution < 1.29 is 33.5 Å². The third-order valence-electron chi connectivity index (χ3n) is 6.57. The van der Waals surface area contributed by atoms with E-state index < -0.39 is 5.97 Å². The Morgan fingerprint density at radius 1 is 0.743 bits per heavy atom. The Kier molecular flexibility index (Phi) is 19.4. The van der Waals surface area contributed by atoms with E-state index in [-0.39, 0.29) is 36.3 Å². The first-order chi connectivity index (χ1) is 16.6. The molecule has 0 aromatic heterocycles. The third-order valence-corrected chi connectivity index (χ3v) is 6.57. The molecule has 0 fully saturated rings. The number of quaternary nitrogens is 1. The minimum absolute atomic E-state index is 0.112. The van der Waals surface area contributed by atoms with Crippen molar-refractivity contribution >= 4 is 23.5 Å². The molecule has 0 aromatic rings. The van der Waals surface area contributed by atoms with Crippen LogP contribution >= 0.6 is 0 Å². The van der Waals surface area contributed by atoms with Gasteiger partial charge in [-0.1, -0.05) is 44.9 Å². The normalized spacial score (nSPS) is 12.3. The number of hydrogen-bond acceptors (Lipinski definition) is 6. The maximum atomic E-state index is 12.4. The largest absolute Gasteiger partial charge is 0.550 e. The molecule has 204 valence electrons. The number of nitrogens with zero attached hydrogens (tertiary/aromatic N) is 1. The van der Waals surface area contributed by atoms with E-state index in [0.717, 1.165) is 62.4 Å². The molecule has 0 radical (unpaired) electrons. The lowest BCUT2D eigenvalue weighted by atomic mass is 9.93. The fourth-order valence-corrected chi connectivity index (χ4v) is 4.31. The van der Waals surface area contributed by atoms with Gasteiger partial charge in [-0.3, -0.25) is 9.59 Å². The second kappa shape index (κ2) is 20.4. The molecule has 0 rings (SSSR count). The number of carboxylic acid groups (broad SMARTS) is 1. The number of Topliss-reactive ketones (excluding diaryl/α,β-unsaturated/α-hetero) is 2. The fraction of sp³-hybridized carbons (Fsp3) is 0.857. The standard InChI is InChI=1S/C28H51NO6/c1-5-35-28(34)25(18-14-12-13-17-24(2)30)23-26(31)19-15-10-8-6-7-9-11-16-21-29(3,4)22-20-27(32)33/h25H,5-23H2,1-4H3. The van der Waals surface area contributed by atoms with Crippen molar-refractivity contribution in [1.82, 2.24) is 0 Å². The van der Waals surface area contributed by atoms with Crippen LogP contribution in [0.3, 0.4) is 0 Å². The van der Waals surface area contributed by atoms with E-state index >= 15 is 0 Å². The van der Waals surface area contributed by atoms with Gasteiger partial charge in [-0.15, -0.1) is 0 Å². The van der Waals surface area contributed by atoms with Gasteiger partial charge in [-0.25, -0.2) is 0 Å². The first-order valence-corrected chi connectivity index (χ1v) is 13.8. The highest BCUT2D eigenvalue weighted by Gasteiger charge is 2.22. The lowest BCUT2D eigenvalue weighted by Crippen LogP contribution is -2.43. The zero-order valence-corrected chi connectivity index (χ0v) is 22.9. The number of rotatable bonds is 24. The zero-order chi connectivity index (χ0) is 26.5. The summed E-state index contributed by atoms with van der Waals surface area (Å²) in [5, 5.41) is 10.6. The molecule has 7 heteroatoms. The highest BCUT2D eigenvalue weighted by molar-refractivity contribution is 5.84. The highest BCUT2D eigenvalue weighted by atomic mass is 16.5. The predicted molar refractivity (Wildman–Crippen MR) is 137 cm³/mol. The van der Waals surface area contributed by atoms with Crippen LogP contribution < -0.4 is 5.11 Å². The van der Waals surface area contributed by atoms with Gasteiger partial charge in [0.15, 0.2) is 0 Å². The molecule has 0 aliphatic rings. The van der Waals surface area contributed by atoms with Crippen LogP contribution in [0.5, 0.6) is 0 Å². The van der Waals surface area contributed by atoms with Crippen LogP contribution in [0.15, 0.2) is 0 Å². The molecule has 7 nitrogen and oxygen atoms in total. The molecule has 0 aliphatic heterocycles. The van der Waals surface area contributed by atoms with Crippen molar-refractivity contribution in [3.8, 4) is 0 Å². The third kappa shape index (κ3) is 21.3. The summed E-state index contributed by atoms with van der Waals surface area (Å²) < 4.78 is 5.89. The average Bonchev–Trinajstić information content (AvgIpc) is 2.78. The molecular weight excluding hydrogens is 446 g/mol. The number of carbonyl (C=O) groups excluding carboxylic acids is 4. The van der Waals surface area contributed by atoms with Gasteiger partial charge < -0.3 is 23.9 Å². The molecule has 1 unspecified atom stereocenters. The van der Waals surface area contributed by atoms with Crippen molar-refractivity contribution in [2.45, 2.75) is 117 Å². The Balaban J connectivity index is 3.90. The Bertz CT molecular complexity index is 617. The molecule has 0 N–H and O–H groups in total. The maximum Gasteiger partial charge on any atom is 0.309 e. The number of ether oxygens (including phenoxy) is 1.